The highest BCUT2D eigenvalue weighted by Gasteiger charge is 2.69. The first-order valence-electron chi connectivity index (χ1n) is 17.1. The smallest absolute Gasteiger partial charge is 0.302 e. The molecule has 0 aromatic heterocycles. The monoisotopic (exact) mass is 606 g/mol. The van der Waals surface area contributed by atoms with Crippen molar-refractivity contribution in [2.24, 2.45) is 46.3 Å². The molecular formula is C34H54O9. The normalized spacial score (nSPS) is 43.7. The van der Waals surface area contributed by atoms with Gasteiger partial charge in [-0.15, -0.1) is 0 Å². The van der Waals surface area contributed by atoms with Gasteiger partial charge in [0.1, 0.15) is 12.2 Å². The van der Waals surface area contributed by atoms with Crippen LogP contribution in [0.5, 0.6) is 0 Å². The van der Waals surface area contributed by atoms with Gasteiger partial charge in [0.15, 0.2) is 0 Å². The Labute approximate surface area is 256 Å². The number of ether oxygens (including phenoxy) is 2. The Morgan fingerprint density at radius 3 is 2.19 bits per heavy atom. The second kappa shape index (κ2) is 11.8. The lowest BCUT2D eigenvalue weighted by Crippen LogP contribution is -2.65. The van der Waals surface area contributed by atoms with Crippen LogP contribution in [0.1, 0.15) is 125 Å². The van der Waals surface area contributed by atoms with Crippen molar-refractivity contribution in [1.82, 2.24) is 0 Å². The molecule has 0 aromatic carbocycles. The molecule has 6 fully saturated rings. The maximum absolute atomic E-state index is 12.6. The summed E-state index contributed by atoms with van der Waals surface area (Å²) in [6, 6.07) is 0. The molecule has 1 aliphatic heterocycles. The number of aliphatic hydroxyl groups is 1. The maximum atomic E-state index is 12.6. The molecule has 1 heterocycles. The Kier molecular flexibility index (Phi) is 8.73. The summed E-state index contributed by atoms with van der Waals surface area (Å²) in [5.74, 6) is -0.643. The number of aliphatic hydroxyl groups excluding tert-OH is 1. The van der Waals surface area contributed by atoms with Crippen LogP contribution in [0, 0.1) is 46.3 Å². The van der Waals surface area contributed by atoms with E-state index in [1.807, 2.05) is 0 Å². The van der Waals surface area contributed by atoms with E-state index in [9.17, 15) is 14.7 Å². The Bertz CT molecular complexity index is 1030. The Balaban J connectivity index is 1.29. The van der Waals surface area contributed by atoms with E-state index in [0.29, 0.717) is 24.7 Å². The first-order chi connectivity index (χ1) is 20.5. The van der Waals surface area contributed by atoms with Crippen LogP contribution in [-0.2, 0) is 38.6 Å². The van der Waals surface area contributed by atoms with Crippen LogP contribution in [0.25, 0.3) is 0 Å². The fourth-order valence-electron chi connectivity index (χ4n) is 11.1. The van der Waals surface area contributed by atoms with Crippen molar-refractivity contribution >= 4 is 11.9 Å². The van der Waals surface area contributed by atoms with Crippen molar-refractivity contribution in [3.63, 3.8) is 0 Å². The van der Waals surface area contributed by atoms with Gasteiger partial charge < -0.3 is 14.6 Å². The molecule has 0 radical (unpaired) electrons. The molecule has 0 aromatic rings. The van der Waals surface area contributed by atoms with Crippen LogP contribution in [0.2, 0.25) is 0 Å². The molecule has 2 spiro atoms. The maximum Gasteiger partial charge on any atom is 0.302 e. The number of rotatable bonds is 6. The topological polar surface area (TPSA) is 110 Å². The molecule has 1 N–H and O–H groups in total. The van der Waals surface area contributed by atoms with Crippen LogP contribution >= 0.6 is 0 Å². The molecule has 43 heavy (non-hydrogen) atoms. The first kappa shape index (κ1) is 31.7. The molecule has 0 unspecified atom stereocenters. The molecule has 1 saturated heterocycles. The highest BCUT2D eigenvalue weighted by Crippen LogP contribution is 2.70. The number of fused-ring (bicyclic) bond motifs is 5. The van der Waals surface area contributed by atoms with E-state index in [4.69, 9.17) is 29.0 Å². The van der Waals surface area contributed by atoms with Gasteiger partial charge in [-0.1, -0.05) is 27.2 Å². The third-order valence-corrected chi connectivity index (χ3v) is 13.2. The van der Waals surface area contributed by atoms with Gasteiger partial charge in [0.2, 0.25) is 11.6 Å². The number of esters is 2. The summed E-state index contributed by atoms with van der Waals surface area (Å²) in [5.41, 5.74) is -0.287. The van der Waals surface area contributed by atoms with E-state index in [-0.39, 0.29) is 65.3 Å². The highest BCUT2D eigenvalue weighted by atomic mass is 17.4. The van der Waals surface area contributed by atoms with Gasteiger partial charge in [0.25, 0.3) is 0 Å². The Morgan fingerprint density at radius 1 is 0.860 bits per heavy atom. The first-order valence-corrected chi connectivity index (χ1v) is 17.1. The van der Waals surface area contributed by atoms with Crippen LogP contribution in [0.15, 0.2) is 0 Å². The third-order valence-electron chi connectivity index (χ3n) is 13.2. The van der Waals surface area contributed by atoms with E-state index in [1.54, 1.807) is 0 Å². The van der Waals surface area contributed by atoms with Crippen LogP contribution < -0.4 is 0 Å². The van der Waals surface area contributed by atoms with Crippen molar-refractivity contribution in [3.05, 3.63) is 0 Å². The third kappa shape index (κ3) is 5.47. The summed E-state index contributed by atoms with van der Waals surface area (Å²) < 4.78 is 12.5. The zero-order valence-electron chi connectivity index (χ0n) is 26.9. The molecule has 9 nitrogen and oxygen atoms in total. The molecule has 244 valence electrons. The minimum absolute atomic E-state index is 0.0699. The summed E-state index contributed by atoms with van der Waals surface area (Å²) in [4.78, 5) is 49.4. The average Bonchev–Trinajstić information content (AvgIpc) is 3.33. The summed E-state index contributed by atoms with van der Waals surface area (Å²) in [7, 11) is 0. The minimum Gasteiger partial charge on any atom is -0.462 e. The summed E-state index contributed by atoms with van der Waals surface area (Å²) in [5, 5.41) is 9.54. The molecule has 0 bridgehead atoms. The van der Waals surface area contributed by atoms with E-state index in [2.05, 4.69) is 20.8 Å². The summed E-state index contributed by atoms with van der Waals surface area (Å²) in [6.07, 6.45) is 11.7. The SMILES string of the molecule is CC(=O)O[C@H]1C[C@H]2[C@@H]([C@H](OC(C)=O)C[C@@H]3CC4(CC[C@@]32C)OOC2(CCCCC2)OO4)[C@@H]2CC[C@H]([C@H](C)CCCO)[C@@]12C. The van der Waals surface area contributed by atoms with Gasteiger partial charge >= 0.3 is 11.9 Å². The minimum atomic E-state index is -0.973. The molecule has 6 aliphatic rings. The Morgan fingerprint density at radius 2 is 1.53 bits per heavy atom. The van der Waals surface area contributed by atoms with Gasteiger partial charge in [-0.2, -0.15) is 19.6 Å². The second-order valence-corrected chi connectivity index (χ2v) is 15.5. The predicted octanol–water partition coefficient (Wildman–Crippen LogP) is 6.40. The predicted molar refractivity (Wildman–Crippen MR) is 155 cm³/mol. The van der Waals surface area contributed by atoms with Crippen molar-refractivity contribution in [3.8, 4) is 0 Å². The lowest BCUT2D eigenvalue weighted by atomic mass is 9.42. The van der Waals surface area contributed by atoms with E-state index in [1.165, 1.54) is 13.8 Å². The second-order valence-electron chi connectivity index (χ2n) is 15.5. The lowest BCUT2D eigenvalue weighted by molar-refractivity contribution is -0.665. The van der Waals surface area contributed by atoms with Crippen molar-refractivity contribution in [2.45, 2.75) is 148 Å². The number of hydrogen-bond acceptors (Lipinski definition) is 9. The van der Waals surface area contributed by atoms with Crippen LogP contribution in [0.4, 0.5) is 0 Å². The zero-order valence-corrected chi connectivity index (χ0v) is 26.9. The fourth-order valence-corrected chi connectivity index (χ4v) is 11.1. The fraction of sp³-hybridized carbons (Fsp3) is 0.941. The highest BCUT2D eigenvalue weighted by molar-refractivity contribution is 5.66. The molecule has 10 atom stereocenters. The van der Waals surface area contributed by atoms with Crippen molar-refractivity contribution in [2.75, 3.05) is 6.61 Å². The molecular weight excluding hydrogens is 552 g/mol. The largest absolute Gasteiger partial charge is 0.462 e. The van der Waals surface area contributed by atoms with Crippen LogP contribution in [0.3, 0.4) is 0 Å². The van der Waals surface area contributed by atoms with Gasteiger partial charge in [-0.25, -0.2) is 0 Å². The molecule has 9 heteroatoms. The number of carbonyl (C=O) groups is 2. The summed E-state index contributed by atoms with van der Waals surface area (Å²) in [6.45, 7) is 10.3. The molecule has 5 aliphatic carbocycles. The van der Waals surface area contributed by atoms with Crippen molar-refractivity contribution < 1.29 is 43.7 Å². The Hall–Kier alpha value is -1.26. The quantitative estimate of drug-likeness (QED) is 0.271. The number of carbonyl (C=O) groups excluding carboxylic acids is 2. The standard InChI is InChI=1S/C34H54O9/c1-21(10-9-17-35)25-11-12-26-30-27(19-29(32(25,26)5)39-23(3)37)31(4)15-16-34(20-24(31)18-28(30)38-22(2)36)42-40-33(41-43-34)13-7-6-8-14-33/h21,24-30,35H,6-20H2,1-5H3/t21-,24-,25-,26+,27+,28-,29+,30+,31+,32-/m1/s1. The molecule has 6 rings (SSSR count). The van der Waals surface area contributed by atoms with Gasteiger partial charge in [0.05, 0.1) is 0 Å². The number of hydrogen-bond donors (Lipinski definition) is 1. The summed E-state index contributed by atoms with van der Waals surface area (Å²) >= 11 is 0. The van der Waals surface area contributed by atoms with Gasteiger partial charge in [-0.3, -0.25) is 9.59 Å². The zero-order chi connectivity index (χ0) is 30.6. The van der Waals surface area contributed by atoms with Crippen LogP contribution in [-0.4, -0.2) is 47.4 Å². The van der Waals surface area contributed by atoms with E-state index in [0.717, 1.165) is 77.0 Å². The van der Waals surface area contributed by atoms with Gasteiger partial charge in [0, 0.05) is 57.5 Å². The molecule has 0 amide bonds. The van der Waals surface area contributed by atoms with Gasteiger partial charge in [-0.05, 0) is 92.8 Å². The van der Waals surface area contributed by atoms with E-state index < -0.39 is 11.6 Å². The lowest BCUT2D eigenvalue weighted by Gasteiger charge is -2.65. The average molecular weight is 607 g/mol. The van der Waals surface area contributed by atoms with Crippen molar-refractivity contribution in [1.29, 1.82) is 0 Å². The molecule has 5 saturated carbocycles. The van der Waals surface area contributed by atoms with E-state index >= 15 is 0 Å².